The molecule has 0 aromatic heterocycles. The summed E-state index contributed by atoms with van der Waals surface area (Å²) >= 11 is 0. The second-order valence-corrected chi connectivity index (χ2v) is 9.68. The number of aromatic hydroxyl groups is 1. The number of nitro groups is 1. The Morgan fingerprint density at radius 3 is 2.44 bits per heavy atom. The number of phenols is 1. The summed E-state index contributed by atoms with van der Waals surface area (Å²) in [6, 6.07) is 15.8. The lowest BCUT2D eigenvalue weighted by molar-refractivity contribution is -0.386. The Morgan fingerprint density at radius 2 is 1.75 bits per heavy atom. The van der Waals surface area contributed by atoms with Gasteiger partial charge in [-0.05, 0) is 53.9 Å². The second kappa shape index (κ2) is 10.0. The van der Waals surface area contributed by atoms with Crippen molar-refractivity contribution in [2.45, 2.75) is 17.9 Å². The molecule has 0 saturated carbocycles. The van der Waals surface area contributed by atoms with Crippen LogP contribution in [0.25, 0.3) is 0 Å². The molecule has 2 N–H and O–H groups in total. The second-order valence-electron chi connectivity index (χ2n) is 8.00. The van der Waals surface area contributed by atoms with Gasteiger partial charge in [0, 0.05) is 24.8 Å². The van der Waals surface area contributed by atoms with E-state index in [0.717, 1.165) is 30.2 Å². The Bertz CT molecular complexity index is 1440. The molecule has 1 heterocycles. The van der Waals surface area contributed by atoms with Crippen molar-refractivity contribution in [3.8, 4) is 5.75 Å². The highest BCUT2D eigenvalue weighted by molar-refractivity contribution is 7.92. The monoisotopic (exact) mass is 511 g/mol. The predicted octanol–water partition coefficient (Wildman–Crippen LogP) is 2.84. The summed E-state index contributed by atoms with van der Waals surface area (Å²) in [7, 11) is -4.21. The van der Waals surface area contributed by atoms with Crippen LogP contribution in [-0.2, 0) is 32.5 Å². The zero-order valence-electron chi connectivity index (χ0n) is 18.8. The zero-order chi connectivity index (χ0) is 25.9. The molecule has 1 aliphatic rings. The number of carbonyl (C=O) groups is 2. The van der Waals surface area contributed by atoms with E-state index in [2.05, 4.69) is 4.72 Å². The van der Waals surface area contributed by atoms with Crippen LogP contribution in [0, 0.1) is 10.1 Å². The van der Waals surface area contributed by atoms with Crippen LogP contribution in [0.3, 0.4) is 0 Å². The smallest absolute Gasteiger partial charge is 0.338 e. The molecule has 186 valence electrons. The number of nitro benzene ring substituents is 1. The van der Waals surface area contributed by atoms with Crippen LogP contribution in [0.2, 0.25) is 0 Å². The predicted molar refractivity (Wildman–Crippen MR) is 128 cm³/mol. The summed E-state index contributed by atoms with van der Waals surface area (Å²) in [4.78, 5) is 36.1. The molecule has 4 rings (SSSR count). The SMILES string of the molecule is O=C(OCC(=O)N1CCc2ccccc2C1)c1ccc(NS(=O)(=O)c2ccc(O)c([N+](=O)[O-])c2)cc1. The van der Waals surface area contributed by atoms with Crippen molar-refractivity contribution in [3.63, 3.8) is 0 Å². The molecule has 0 radical (unpaired) electrons. The van der Waals surface area contributed by atoms with Gasteiger partial charge in [0.25, 0.3) is 15.9 Å². The molecule has 0 spiro atoms. The molecule has 0 atom stereocenters. The lowest BCUT2D eigenvalue weighted by Gasteiger charge is -2.28. The molecule has 12 heteroatoms. The highest BCUT2D eigenvalue weighted by atomic mass is 32.2. The number of hydrogen-bond acceptors (Lipinski definition) is 8. The number of amides is 1. The Hall–Kier alpha value is -4.45. The third kappa shape index (κ3) is 5.44. The van der Waals surface area contributed by atoms with Gasteiger partial charge < -0.3 is 14.7 Å². The lowest BCUT2D eigenvalue weighted by Crippen LogP contribution is -2.38. The quantitative estimate of drug-likeness (QED) is 0.279. The number of rotatable bonds is 7. The van der Waals surface area contributed by atoms with Crippen LogP contribution in [0.1, 0.15) is 21.5 Å². The van der Waals surface area contributed by atoms with E-state index in [1.807, 2.05) is 24.3 Å². The number of benzene rings is 3. The van der Waals surface area contributed by atoms with Crippen molar-refractivity contribution in [2.24, 2.45) is 0 Å². The van der Waals surface area contributed by atoms with Crippen molar-refractivity contribution in [2.75, 3.05) is 17.9 Å². The first-order valence-corrected chi connectivity index (χ1v) is 12.2. The summed E-state index contributed by atoms with van der Waals surface area (Å²) in [5.41, 5.74) is 1.70. The van der Waals surface area contributed by atoms with Crippen molar-refractivity contribution in [1.29, 1.82) is 0 Å². The van der Waals surface area contributed by atoms with E-state index in [4.69, 9.17) is 4.74 Å². The van der Waals surface area contributed by atoms with E-state index in [9.17, 15) is 33.2 Å². The Morgan fingerprint density at radius 1 is 1.06 bits per heavy atom. The van der Waals surface area contributed by atoms with E-state index >= 15 is 0 Å². The number of ether oxygens (including phenoxy) is 1. The maximum absolute atomic E-state index is 12.6. The number of sulfonamides is 1. The van der Waals surface area contributed by atoms with Gasteiger partial charge in [0.2, 0.25) is 0 Å². The Labute approximate surface area is 206 Å². The Balaban J connectivity index is 1.35. The average molecular weight is 512 g/mol. The normalized spacial score (nSPS) is 12.9. The fourth-order valence-electron chi connectivity index (χ4n) is 3.72. The van der Waals surface area contributed by atoms with Crippen LogP contribution in [0.15, 0.2) is 71.6 Å². The van der Waals surface area contributed by atoms with E-state index < -0.39 is 43.9 Å². The van der Waals surface area contributed by atoms with Crippen LogP contribution >= 0.6 is 0 Å². The summed E-state index contributed by atoms with van der Waals surface area (Å²) in [6.45, 7) is 0.563. The van der Waals surface area contributed by atoms with Crippen LogP contribution in [0.4, 0.5) is 11.4 Å². The number of phenolic OH excluding ortho intramolecular Hbond substituents is 1. The van der Waals surface area contributed by atoms with Gasteiger partial charge in [-0.3, -0.25) is 19.6 Å². The molecule has 0 aliphatic carbocycles. The minimum atomic E-state index is -4.21. The van der Waals surface area contributed by atoms with Gasteiger partial charge in [-0.15, -0.1) is 0 Å². The first kappa shape index (κ1) is 24.7. The van der Waals surface area contributed by atoms with Crippen molar-refractivity contribution < 1.29 is 32.8 Å². The molecule has 1 amide bonds. The highest BCUT2D eigenvalue weighted by Gasteiger charge is 2.23. The van der Waals surface area contributed by atoms with Gasteiger partial charge in [0.15, 0.2) is 12.4 Å². The molecular formula is C24H21N3O8S. The van der Waals surface area contributed by atoms with E-state index in [-0.39, 0.29) is 17.2 Å². The third-order valence-corrected chi connectivity index (χ3v) is 7.02. The third-order valence-electron chi connectivity index (χ3n) is 5.64. The molecule has 36 heavy (non-hydrogen) atoms. The van der Waals surface area contributed by atoms with Crippen LogP contribution in [-0.4, -0.2) is 48.4 Å². The minimum Gasteiger partial charge on any atom is -0.502 e. The summed E-state index contributed by atoms with van der Waals surface area (Å²) < 4.78 is 32.5. The summed E-state index contributed by atoms with van der Waals surface area (Å²) in [5, 5.41) is 20.5. The van der Waals surface area contributed by atoms with Crippen LogP contribution < -0.4 is 4.72 Å². The van der Waals surface area contributed by atoms with Crippen molar-refractivity contribution in [3.05, 3.63) is 93.5 Å². The van der Waals surface area contributed by atoms with Gasteiger partial charge in [0.1, 0.15) is 0 Å². The van der Waals surface area contributed by atoms with Crippen molar-refractivity contribution >= 4 is 33.3 Å². The molecule has 1 aliphatic heterocycles. The van der Waals surface area contributed by atoms with Crippen molar-refractivity contribution in [1.82, 2.24) is 4.90 Å². The molecule has 0 unspecified atom stereocenters. The van der Waals surface area contributed by atoms with E-state index in [0.29, 0.717) is 13.1 Å². The first-order chi connectivity index (χ1) is 17.1. The van der Waals surface area contributed by atoms with E-state index in [1.54, 1.807) is 4.90 Å². The van der Waals surface area contributed by atoms with Gasteiger partial charge in [-0.25, -0.2) is 13.2 Å². The standard InChI is InChI=1S/C24H21N3O8S/c28-22-10-9-20(13-21(22)27(31)32)36(33,34)25-19-7-5-17(6-8-19)24(30)35-15-23(29)26-12-11-16-3-1-2-4-18(16)14-26/h1-10,13,25,28H,11-12,14-15H2. The number of carbonyl (C=O) groups excluding carboxylic acids is 2. The molecule has 0 bridgehead atoms. The number of nitrogens with zero attached hydrogens (tertiary/aromatic N) is 2. The fourth-order valence-corrected chi connectivity index (χ4v) is 4.79. The largest absolute Gasteiger partial charge is 0.502 e. The molecule has 3 aromatic carbocycles. The van der Waals surface area contributed by atoms with Gasteiger partial charge in [-0.2, -0.15) is 0 Å². The van der Waals surface area contributed by atoms with Gasteiger partial charge in [0.05, 0.1) is 15.4 Å². The summed E-state index contributed by atoms with van der Waals surface area (Å²) in [6.07, 6.45) is 0.727. The number of anilines is 1. The van der Waals surface area contributed by atoms with E-state index in [1.165, 1.54) is 29.8 Å². The molecule has 0 saturated heterocycles. The number of nitrogens with one attached hydrogen (secondary N) is 1. The summed E-state index contributed by atoms with van der Waals surface area (Å²) in [5.74, 6) is -1.72. The molecule has 11 nitrogen and oxygen atoms in total. The first-order valence-electron chi connectivity index (χ1n) is 10.8. The topological polar surface area (TPSA) is 156 Å². The number of esters is 1. The van der Waals surface area contributed by atoms with Gasteiger partial charge in [-0.1, -0.05) is 24.3 Å². The number of fused-ring (bicyclic) bond motifs is 1. The molecule has 0 fully saturated rings. The zero-order valence-corrected chi connectivity index (χ0v) is 19.6. The highest BCUT2D eigenvalue weighted by Crippen LogP contribution is 2.29. The Kier molecular flexibility index (Phi) is 6.88. The maximum atomic E-state index is 12.6. The minimum absolute atomic E-state index is 0.0883. The maximum Gasteiger partial charge on any atom is 0.338 e. The molecule has 3 aromatic rings. The van der Waals surface area contributed by atoms with Crippen LogP contribution in [0.5, 0.6) is 5.75 Å². The van der Waals surface area contributed by atoms with Gasteiger partial charge >= 0.3 is 11.7 Å². The lowest BCUT2D eigenvalue weighted by atomic mass is 10.00. The molecular weight excluding hydrogens is 490 g/mol. The average Bonchev–Trinajstić information content (AvgIpc) is 2.87. The fraction of sp³-hybridized carbons (Fsp3) is 0.167. The number of hydrogen-bond donors (Lipinski definition) is 2.